The standard InChI is InChI=1S/C28H32N2O4/c1-29(24(32)9-4-18-10-13-33-16-18)21-7-6-20-22-14-19-5-8-23(31)26-25(19)28(20,27(21)34-26)11-12-30(22)15-17-2-3-17/h4-5,8-10,13,16-17,20-22,27,31H,2-3,6-7,11-12,14-15H2,1H3/b9-4+/t20-,21-,22+,27-,28-/m0/s1. The van der Waals surface area contributed by atoms with Crippen LogP contribution in [0, 0.1) is 11.8 Å². The van der Waals surface area contributed by atoms with Crippen LogP contribution < -0.4 is 4.74 Å². The number of nitrogens with zero attached hydrogens (tertiary/aromatic N) is 2. The van der Waals surface area contributed by atoms with Gasteiger partial charge >= 0.3 is 0 Å². The van der Waals surface area contributed by atoms with E-state index < -0.39 is 0 Å². The fourth-order valence-corrected chi connectivity index (χ4v) is 7.67. The van der Waals surface area contributed by atoms with E-state index in [1.807, 2.05) is 18.0 Å². The fraction of sp³-hybridized carbons (Fsp3) is 0.536. The van der Waals surface area contributed by atoms with Gasteiger partial charge in [-0.05, 0) is 80.7 Å². The van der Waals surface area contributed by atoms with E-state index in [4.69, 9.17) is 9.15 Å². The maximum Gasteiger partial charge on any atom is 0.246 e. The second kappa shape index (κ2) is 7.38. The molecule has 6 heteroatoms. The van der Waals surface area contributed by atoms with E-state index >= 15 is 0 Å². The molecule has 7 rings (SSSR count). The van der Waals surface area contributed by atoms with Crippen molar-refractivity contribution in [2.24, 2.45) is 11.8 Å². The summed E-state index contributed by atoms with van der Waals surface area (Å²) in [4.78, 5) is 17.8. The van der Waals surface area contributed by atoms with Gasteiger partial charge < -0.3 is 19.2 Å². The summed E-state index contributed by atoms with van der Waals surface area (Å²) in [5, 5.41) is 10.8. The highest BCUT2D eigenvalue weighted by molar-refractivity contribution is 5.91. The van der Waals surface area contributed by atoms with E-state index in [2.05, 4.69) is 11.0 Å². The number of phenols is 1. The predicted octanol–water partition coefficient (Wildman–Crippen LogP) is 3.97. The van der Waals surface area contributed by atoms with Crippen LogP contribution in [-0.2, 0) is 16.6 Å². The number of rotatable bonds is 5. The van der Waals surface area contributed by atoms with E-state index in [1.165, 1.54) is 30.5 Å². The van der Waals surface area contributed by atoms with Gasteiger partial charge in [0.2, 0.25) is 5.91 Å². The molecular weight excluding hydrogens is 428 g/mol. The first-order chi connectivity index (χ1) is 16.6. The van der Waals surface area contributed by atoms with Gasteiger partial charge in [0.25, 0.3) is 0 Å². The summed E-state index contributed by atoms with van der Waals surface area (Å²) in [7, 11) is 1.90. The quantitative estimate of drug-likeness (QED) is 0.684. The number of hydrogen-bond acceptors (Lipinski definition) is 5. The van der Waals surface area contributed by atoms with Crippen molar-refractivity contribution < 1.29 is 19.1 Å². The van der Waals surface area contributed by atoms with E-state index in [9.17, 15) is 9.90 Å². The number of aromatic hydroxyl groups is 1. The van der Waals surface area contributed by atoms with Crippen molar-refractivity contribution in [3.05, 3.63) is 53.5 Å². The van der Waals surface area contributed by atoms with Crippen molar-refractivity contribution in [1.29, 1.82) is 0 Å². The average Bonchev–Trinajstić information content (AvgIpc) is 3.36. The van der Waals surface area contributed by atoms with Gasteiger partial charge in [-0.25, -0.2) is 0 Å². The Balaban J connectivity index is 1.24. The molecule has 1 N–H and O–H groups in total. The van der Waals surface area contributed by atoms with Gasteiger partial charge in [0, 0.05) is 42.3 Å². The molecule has 1 amide bonds. The van der Waals surface area contributed by atoms with Gasteiger partial charge in [0.1, 0.15) is 6.10 Å². The maximum absolute atomic E-state index is 13.2. The minimum absolute atomic E-state index is 0.0221. The first-order valence-corrected chi connectivity index (χ1v) is 12.8. The number of carbonyl (C=O) groups is 1. The monoisotopic (exact) mass is 460 g/mol. The summed E-state index contributed by atoms with van der Waals surface area (Å²) in [6.45, 7) is 2.31. The third-order valence-electron chi connectivity index (χ3n) is 9.40. The van der Waals surface area contributed by atoms with Gasteiger partial charge in [-0.2, -0.15) is 0 Å². The Kier molecular flexibility index (Phi) is 4.48. The minimum Gasteiger partial charge on any atom is -0.504 e. The van der Waals surface area contributed by atoms with Crippen molar-refractivity contribution in [2.45, 2.75) is 62.1 Å². The highest BCUT2D eigenvalue weighted by Crippen LogP contribution is 2.64. The summed E-state index contributed by atoms with van der Waals surface area (Å²) >= 11 is 0. The Labute approximate surface area is 200 Å². The zero-order chi connectivity index (χ0) is 23.0. The molecule has 2 aliphatic heterocycles. The number of furan rings is 1. The molecule has 0 unspecified atom stereocenters. The fourth-order valence-electron chi connectivity index (χ4n) is 7.67. The Morgan fingerprint density at radius 3 is 2.94 bits per heavy atom. The van der Waals surface area contributed by atoms with Crippen LogP contribution in [0.1, 0.15) is 48.8 Å². The molecule has 2 saturated carbocycles. The molecule has 1 aromatic carbocycles. The van der Waals surface area contributed by atoms with Gasteiger partial charge in [0.05, 0.1) is 18.6 Å². The molecule has 5 atom stereocenters. The van der Waals surface area contributed by atoms with Gasteiger partial charge in [-0.3, -0.25) is 9.69 Å². The predicted molar refractivity (Wildman–Crippen MR) is 128 cm³/mol. The van der Waals surface area contributed by atoms with Crippen LogP contribution in [0.15, 0.2) is 41.2 Å². The number of benzene rings is 1. The molecule has 0 radical (unpaired) electrons. The SMILES string of the molecule is CN(C(=O)/C=C/c1ccoc1)[C@H]1CC[C@H]2[C@H]3Cc4ccc(O)c5c4[C@@]2(CCN3CC2CC2)[C@H]1O5. The molecule has 3 heterocycles. The van der Waals surface area contributed by atoms with Gasteiger partial charge in [-0.15, -0.1) is 0 Å². The van der Waals surface area contributed by atoms with Crippen molar-refractivity contribution in [1.82, 2.24) is 9.80 Å². The molecule has 1 saturated heterocycles. The molecule has 2 bridgehead atoms. The van der Waals surface area contributed by atoms with E-state index in [1.54, 1.807) is 30.7 Å². The highest BCUT2D eigenvalue weighted by atomic mass is 16.5. The van der Waals surface area contributed by atoms with E-state index in [0.29, 0.717) is 17.7 Å². The van der Waals surface area contributed by atoms with E-state index in [0.717, 1.165) is 43.7 Å². The molecule has 3 fully saturated rings. The lowest BCUT2D eigenvalue weighted by Gasteiger charge is -2.60. The van der Waals surface area contributed by atoms with Crippen LogP contribution in [0.2, 0.25) is 0 Å². The van der Waals surface area contributed by atoms with Crippen LogP contribution in [0.3, 0.4) is 0 Å². The molecule has 34 heavy (non-hydrogen) atoms. The summed E-state index contributed by atoms with van der Waals surface area (Å²) in [6, 6.07) is 6.28. The molecule has 3 aliphatic carbocycles. The lowest BCUT2D eigenvalue weighted by molar-refractivity contribution is -0.135. The Bertz CT molecular complexity index is 1150. The normalized spacial score (nSPS) is 33.6. The number of carbonyl (C=O) groups excluding carboxylic acids is 1. The summed E-state index contributed by atoms with van der Waals surface area (Å²) in [5.41, 5.74) is 3.36. The Hall–Kier alpha value is -2.73. The third-order valence-corrected chi connectivity index (χ3v) is 9.40. The molecule has 6 nitrogen and oxygen atoms in total. The lowest BCUT2D eigenvalue weighted by Crippen LogP contribution is -2.69. The number of piperidine rings is 1. The van der Waals surface area contributed by atoms with Crippen LogP contribution in [-0.4, -0.2) is 59.1 Å². The second-order valence-electron chi connectivity index (χ2n) is 11.1. The number of likely N-dealkylation sites (N-methyl/N-ethyl adjacent to an activating group) is 1. The molecule has 5 aliphatic rings. The van der Waals surface area contributed by atoms with Crippen molar-refractivity contribution in [3.63, 3.8) is 0 Å². The Morgan fingerprint density at radius 1 is 1.26 bits per heavy atom. The number of likely N-dealkylation sites (tertiary alicyclic amines) is 1. The first-order valence-electron chi connectivity index (χ1n) is 12.8. The maximum atomic E-state index is 13.2. The number of amides is 1. The number of phenolic OH excluding ortho intramolecular Hbond substituents is 1. The lowest BCUT2D eigenvalue weighted by atomic mass is 9.51. The van der Waals surface area contributed by atoms with Crippen molar-refractivity contribution >= 4 is 12.0 Å². The van der Waals surface area contributed by atoms with Crippen molar-refractivity contribution in [2.75, 3.05) is 20.1 Å². The highest BCUT2D eigenvalue weighted by Gasteiger charge is 2.66. The Morgan fingerprint density at radius 2 is 2.15 bits per heavy atom. The molecule has 178 valence electrons. The van der Waals surface area contributed by atoms with Crippen LogP contribution >= 0.6 is 0 Å². The topological polar surface area (TPSA) is 66.2 Å². The van der Waals surface area contributed by atoms with Crippen molar-refractivity contribution in [3.8, 4) is 11.5 Å². The summed E-state index contributed by atoms with van der Waals surface area (Å²) in [5.74, 6) is 2.30. The molecule has 1 aromatic heterocycles. The molecule has 2 aromatic rings. The first kappa shape index (κ1) is 20.6. The minimum atomic E-state index is -0.115. The van der Waals surface area contributed by atoms with E-state index in [-0.39, 0.29) is 29.2 Å². The number of ether oxygens (including phenoxy) is 1. The summed E-state index contributed by atoms with van der Waals surface area (Å²) in [6.07, 6.45) is 13.4. The smallest absolute Gasteiger partial charge is 0.246 e. The van der Waals surface area contributed by atoms with Gasteiger partial charge in [0.15, 0.2) is 11.5 Å². The van der Waals surface area contributed by atoms with Crippen LogP contribution in [0.4, 0.5) is 0 Å². The van der Waals surface area contributed by atoms with Crippen LogP contribution in [0.5, 0.6) is 11.5 Å². The number of hydrogen-bond donors (Lipinski definition) is 1. The van der Waals surface area contributed by atoms with Gasteiger partial charge in [-0.1, -0.05) is 6.07 Å². The van der Waals surface area contributed by atoms with Crippen LogP contribution in [0.25, 0.3) is 6.08 Å². The molecule has 1 spiro atoms. The zero-order valence-electron chi connectivity index (χ0n) is 19.7. The second-order valence-corrected chi connectivity index (χ2v) is 11.1. The summed E-state index contributed by atoms with van der Waals surface area (Å²) < 4.78 is 11.8. The zero-order valence-corrected chi connectivity index (χ0v) is 19.7. The third kappa shape index (κ3) is 2.87. The molecular formula is C28H32N2O4. The largest absolute Gasteiger partial charge is 0.504 e. The average molecular weight is 461 g/mol.